The largest absolute Gasteiger partial charge is 0.446 e. The third-order valence-corrected chi connectivity index (χ3v) is 1.52. The Morgan fingerprint density at radius 2 is 2.15 bits per heavy atom. The first-order valence-corrected chi connectivity index (χ1v) is 3.57. The monoisotopic (exact) mass is 183 g/mol. The van der Waals surface area contributed by atoms with Crippen molar-refractivity contribution in [1.82, 2.24) is 0 Å². The average molecular weight is 183 g/mol. The number of ether oxygens (including phenoxy) is 1. The van der Waals surface area contributed by atoms with Crippen LogP contribution in [0.2, 0.25) is 0 Å². The van der Waals surface area contributed by atoms with Crippen molar-refractivity contribution < 1.29 is 13.5 Å². The molecule has 0 bridgehead atoms. The van der Waals surface area contributed by atoms with Crippen molar-refractivity contribution in [3.63, 3.8) is 0 Å². The van der Waals surface area contributed by atoms with E-state index in [1.807, 2.05) is 0 Å². The lowest BCUT2D eigenvalue weighted by molar-refractivity contribution is -0.0497. The van der Waals surface area contributed by atoms with Crippen LogP contribution in [-0.2, 0) is 0 Å². The lowest BCUT2D eigenvalue weighted by atomic mass is 10.2. The molecule has 1 aromatic carbocycles. The number of para-hydroxylation sites is 1. The molecule has 68 valence electrons. The standard InChI is InChI=1S/C9H7F2NO/c1-6-4-3-5-7(12-2)8(6)13-9(10)11/h3-5,9H,1H3. The maximum Gasteiger partial charge on any atom is 0.386 e. The molecule has 4 heteroatoms. The minimum absolute atomic E-state index is 0.0347. The van der Waals surface area contributed by atoms with E-state index in [1.165, 1.54) is 6.07 Å². The summed E-state index contributed by atoms with van der Waals surface area (Å²) in [6.07, 6.45) is 0. The highest BCUT2D eigenvalue weighted by Crippen LogP contribution is 2.31. The van der Waals surface area contributed by atoms with Gasteiger partial charge in [-0.3, -0.25) is 0 Å². The predicted molar refractivity (Wildman–Crippen MR) is 44.1 cm³/mol. The van der Waals surface area contributed by atoms with Crippen molar-refractivity contribution in [2.24, 2.45) is 0 Å². The van der Waals surface area contributed by atoms with Gasteiger partial charge in [0.15, 0.2) is 0 Å². The summed E-state index contributed by atoms with van der Waals surface area (Å²) in [6, 6.07) is 4.69. The van der Waals surface area contributed by atoms with Crippen molar-refractivity contribution in [1.29, 1.82) is 0 Å². The molecular weight excluding hydrogens is 176 g/mol. The average Bonchev–Trinajstić information content (AvgIpc) is 2.08. The Balaban J connectivity index is 3.10. The zero-order valence-electron chi connectivity index (χ0n) is 6.92. The lowest BCUT2D eigenvalue weighted by Gasteiger charge is -2.08. The second-order valence-corrected chi connectivity index (χ2v) is 2.41. The molecule has 1 aromatic rings. The molecule has 0 spiro atoms. The van der Waals surface area contributed by atoms with Crippen molar-refractivity contribution in [2.45, 2.75) is 13.5 Å². The summed E-state index contributed by atoms with van der Waals surface area (Å²) in [5.41, 5.74) is 0.647. The molecule has 0 aliphatic heterocycles. The first-order chi connectivity index (χ1) is 6.15. The minimum Gasteiger partial charge on any atom is -0.446 e. The fourth-order valence-corrected chi connectivity index (χ4v) is 0.967. The van der Waals surface area contributed by atoms with E-state index in [0.29, 0.717) is 5.56 Å². The van der Waals surface area contributed by atoms with Crippen LogP contribution in [0.4, 0.5) is 14.5 Å². The normalized spacial score (nSPS) is 9.77. The highest BCUT2D eigenvalue weighted by atomic mass is 19.3. The number of hydrogen-bond donors (Lipinski definition) is 0. The summed E-state index contributed by atoms with van der Waals surface area (Å²) < 4.78 is 28.0. The molecular formula is C9H7F2NO. The molecule has 1 rings (SSSR count). The van der Waals surface area contributed by atoms with Crippen LogP contribution in [0, 0.1) is 13.5 Å². The molecule has 13 heavy (non-hydrogen) atoms. The number of alkyl halides is 2. The summed E-state index contributed by atoms with van der Waals surface area (Å²) in [5.74, 6) is -0.0347. The summed E-state index contributed by atoms with van der Waals surface area (Å²) in [7, 11) is 0. The van der Waals surface area contributed by atoms with E-state index in [1.54, 1.807) is 19.1 Å². The van der Waals surface area contributed by atoms with Crippen LogP contribution in [0.15, 0.2) is 18.2 Å². The van der Waals surface area contributed by atoms with E-state index >= 15 is 0 Å². The number of hydrogen-bond acceptors (Lipinski definition) is 1. The van der Waals surface area contributed by atoms with Gasteiger partial charge in [-0.05, 0) is 12.5 Å². The van der Waals surface area contributed by atoms with E-state index in [4.69, 9.17) is 6.57 Å². The van der Waals surface area contributed by atoms with Gasteiger partial charge in [0.2, 0.25) is 5.69 Å². The lowest BCUT2D eigenvalue weighted by Crippen LogP contribution is -2.03. The molecule has 0 N–H and O–H groups in total. The molecule has 2 nitrogen and oxygen atoms in total. The molecule has 0 aromatic heterocycles. The van der Waals surface area contributed by atoms with Crippen molar-refractivity contribution in [2.75, 3.05) is 0 Å². The Morgan fingerprint density at radius 3 is 2.69 bits per heavy atom. The fourth-order valence-electron chi connectivity index (χ4n) is 0.967. The van der Waals surface area contributed by atoms with Crippen LogP contribution in [-0.4, -0.2) is 6.61 Å². The van der Waals surface area contributed by atoms with Crippen LogP contribution >= 0.6 is 0 Å². The topological polar surface area (TPSA) is 13.6 Å². The van der Waals surface area contributed by atoms with Crippen LogP contribution in [0.1, 0.15) is 5.56 Å². The first-order valence-electron chi connectivity index (χ1n) is 3.57. The SMILES string of the molecule is [C-]#[N+]c1cccc(C)c1OC(F)F. The Bertz CT molecular complexity index is 344. The number of halogens is 2. The van der Waals surface area contributed by atoms with E-state index < -0.39 is 6.61 Å². The van der Waals surface area contributed by atoms with E-state index in [0.717, 1.165) is 0 Å². The maximum atomic E-state index is 11.9. The molecule has 0 aliphatic rings. The van der Waals surface area contributed by atoms with E-state index in [-0.39, 0.29) is 11.4 Å². The Labute approximate surface area is 74.6 Å². The van der Waals surface area contributed by atoms with Gasteiger partial charge < -0.3 is 4.74 Å². The number of nitrogens with zero attached hydrogens (tertiary/aromatic N) is 1. The summed E-state index contributed by atoms with van der Waals surface area (Å²) >= 11 is 0. The molecule has 0 fully saturated rings. The molecule has 0 heterocycles. The zero-order valence-corrected chi connectivity index (χ0v) is 6.92. The molecule has 0 saturated carbocycles. The number of aryl methyl sites for hydroxylation is 1. The third kappa shape index (κ3) is 2.15. The van der Waals surface area contributed by atoms with Crippen LogP contribution in [0.25, 0.3) is 4.85 Å². The Hall–Kier alpha value is -1.63. The molecule has 0 unspecified atom stereocenters. The van der Waals surface area contributed by atoms with Crippen LogP contribution in [0.3, 0.4) is 0 Å². The zero-order chi connectivity index (χ0) is 9.84. The number of rotatable bonds is 2. The second-order valence-electron chi connectivity index (χ2n) is 2.41. The first kappa shape index (κ1) is 9.46. The van der Waals surface area contributed by atoms with Crippen molar-refractivity contribution in [3.8, 4) is 5.75 Å². The molecule has 0 radical (unpaired) electrons. The minimum atomic E-state index is -2.89. The van der Waals surface area contributed by atoms with Gasteiger partial charge in [0.1, 0.15) is 5.75 Å². The van der Waals surface area contributed by atoms with Gasteiger partial charge in [-0.1, -0.05) is 18.2 Å². The van der Waals surface area contributed by atoms with E-state index in [9.17, 15) is 8.78 Å². The van der Waals surface area contributed by atoms with Crippen molar-refractivity contribution in [3.05, 3.63) is 35.2 Å². The Kier molecular flexibility index (Phi) is 2.80. The second kappa shape index (κ2) is 3.85. The van der Waals surface area contributed by atoms with Gasteiger partial charge >= 0.3 is 6.61 Å². The molecule has 0 saturated heterocycles. The summed E-state index contributed by atoms with van der Waals surface area (Å²) in [4.78, 5) is 3.08. The van der Waals surface area contributed by atoms with Crippen LogP contribution < -0.4 is 4.74 Å². The molecule has 0 aliphatic carbocycles. The fraction of sp³-hybridized carbons (Fsp3) is 0.222. The molecule has 0 atom stereocenters. The van der Waals surface area contributed by atoms with Gasteiger partial charge in [0, 0.05) is 0 Å². The van der Waals surface area contributed by atoms with Gasteiger partial charge in [-0.25, -0.2) is 4.85 Å². The highest BCUT2D eigenvalue weighted by molar-refractivity contribution is 5.60. The van der Waals surface area contributed by atoms with Gasteiger partial charge in [-0.2, -0.15) is 8.78 Å². The molecule has 0 amide bonds. The van der Waals surface area contributed by atoms with Crippen LogP contribution in [0.5, 0.6) is 5.75 Å². The third-order valence-electron chi connectivity index (χ3n) is 1.52. The maximum absolute atomic E-state index is 11.9. The van der Waals surface area contributed by atoms with E-state index in [2.05, 4.69) is 9.58 Å². The van der Waals surface area contributed by atoms with Gasteiger partial charge in [-0.15, -0.1) is 0 Å². The Morgan fingerprint density at radius 1 is 1.46 bits per heavy atom. The highest BCUT2D eigenvalue weighted by Gasteiger charge is 2.11. The smallest absolute Gasteiger partial charge is 0.386 e. The van der Waals surface area contributed by atoms with Crippen molar-refractivity contribution >= 4 is 5.69 Å². The predicted octanol–water partition coefficient (Wildman–Crippen LogP) is 3.15. The quantitative estimate of drug-likeness (QED) is 0.642. The summed E-state index contributed by atoms with van der Waals surface area (Å²) in [5, 5.41) is 0. The number of benzene rings is 1. The summed E-state index contributed by atoms with van der Waals surface area (Å²) in [6.45, 7) is 5.46. The van der Waals surface area contributed by atoms with Gasteiger partial charge in [0.05, 0.1) is 6.57 Å². The van der Waals surface area contributed by atoms with Gasteiger partial charge in [0.25, 0.3) is 0 Å².